The first-order valence-electron chi connectivity index (χ1n) is 13.3. The number of hydrogen-bond acceptors (Lipinski definition) is 6. The van der Waals surface area contributed by atoms with Gasteiger partial charge in [0.2, 0.25) is 0 Å². The van der Waals surface area contributed by atoms with Gasteiger partial charge in [-0.3, -0.25) is 9.89 Å². The molecule has 1 atom stereocenters. The number of ether oxygens (including phenoxy) is 1. The van der Waals surface area contributed by atoms with Crippen LogP contribution in [0.3, 0.4) is 0 Å². The Hall–Kier alpha value is -1.51. The molecule has 0 bridgehead atoms. The van der Waals surface area contributed by atoms with Crippen molar-refractivity contribution in [3.05, 3.63) is 57.2 Å². The van der Waals surface area contributed by atoms with Gasteiger partial charge in [0.05, 0.1) is 13.2 Å². The van der Waals surface area contributed by atoms with Crippen LogP contribution in [0.4, 0.5) is 0 Å². The highest BCUT2D eigenvalue weighted by Gasteiger charge is 2.42. The number of nitrogens with zero attached hydrogens (tertiary/aromatic N) is 3. The Bertz CT molecular complexity index is 1080. The lowest BCUT2D eigenvalue weighted by atomic mass is 9.80. The zero-order chi connectivity index (χ0) is 23.8. The van der Waals surface area contributed by atoms with E-state index in [0.717, 1.165) is 52.4 Å². The molecule has 3 aliphatic carbocycles. The van der Waals surface area contributed by atoms with Crippen LogP contribution in [0, 0.1) is 11.8 Å². The van der Waals surface area contributed by atoms with Crippen LogP contribution in [0.15, 0.2) is 62.2 Å². The molecule has 0 spiro atoms. The van der Waals surface area contributed by atoms with Gasteiger partial charge in [0, 0.05) is 56.4 Å². The molecule has 2 fully saturated rings. The molecular formula is C28H37Cl2N3O3S. The van der Waals surface area contributed by atoms with Crippen LogP contribution in [0.25, 0.3) is 0 Å². The Labute approximate surface area is 236 Å². The van der Waals surface area contributed by atoms with Gasteiger partial charge in [-0.25, -0.2) is 4.79 Å². The van der Waals surface area contributed by atoms with E-state index in [-0.39, 0.29) is 29.9 Å². The Morgan fingerprint density at radius 3 is 2.73 bits per heavy atom. The molecule has 6 nitrogen and oxygen atoms in total. The molecule has 37 heavy (non-hydrogen) atoms. The van der Waals surface area contributed by atoms with Crippen molar-refractivity contribution in [1.29, 1.82) is 0 Å². The van der Waals surface area contributed by atoms with Gasteiger partial charge in [-0.1, -0.05) is 49.3 Å². The molecule has 1 saturated heterocycles. The van der Waals surface area contributed by atoms with Gasteiger partial charge >= 0.3 is 5.97 Å². The molecule has 6 rings (SSSR count). The SMILES string of the molecule is Cl.Cl.O=C(O)C1=NCC2=C(S1)C1=C(C3CCCCC3)C3=CC=CC3C1=CN(CCN1CCCOCC1)C2. The van der Waals surface area contributed by atoms with Crippen molar-refractivity contribution < 1.29 is 14.6 Å². The largest absolute Gasteiger partial charge is 0.476 e. The molecule has 0 aromatic heterocycles. The summed E-state index contributed by atoms with van der Waals surface area (Å²) < 4.78 is 5.65. The molecule has 0 amide bonds. The molecule has 6 aliphatic rings. The molecular weight excluding hydrogens is 529 g/mol. The summed E-state index contributed by atoms with van der Waals surface area (Å²) in [5, 5.41) is 10.00. The fourth-order valence-corrected chi connectivity index (χ4v) is 7.53. The summed E-state index contributed by atoms with van der Waals surface area (Å²) in [4.78, 5) is 22.5. The van der Waals surface area contributed by atoms with E-state index in [4.69, 9.17) is 4.74 Å². The van der Waals surface area contributed by atoms with Crippen LogP contribution in [0.2, 0.25) is 0 Å². The third kappa shape index (κ3) is 5.76. The first-order valence-corrected chi connectivity index (χ1v) is 14.1. The summed E-state index contributed by atoms with van der Waals surface area (Å²) in [6, 6.07) is 0. The van der Waals surface area contributed by atoms with Crippen molar-refractivity contribution in [2.45, 2.75) is 38.5 Å². The molecule has 202 valence electrons. The first kappa shape index (κ1) is 28.5. The van der Waals surface area contributed by atoms with Gasteiger partial charge in [0.25, 0.3) is 0 Å². The van der Waals surface area contributed by atoms with Crippen molar-refractivity contribution in [3.8, 4) is 0 Å². The van der Waals surface area contributed by atoms with Crippen LogP contribution < -0.4 is 0 Å². The maximum atomic E-state index is 11.9. The van der Waals surface area contributed by atoms with E-state index >= 15 is 0 Å². The molecule has 3 aliphatic heterocycles. The third-order valence-corrected chi connectivity index (χ3v) is 9.40. The molecule has 9 heteroatoms. The van der Waals surface area contributed by atoms with Crippen molar-refractivity contribution >= 4 is 47.6 Å². The predicted octanol–water partition coefficient (Wildman–Crippen LogP) is 5.24. The van der Waals surface area contributed by atoms with Crippen molar-refractivity contribution in [1.82, 2.24) is 9.80 Å². The minimum Gasteiger partial charge on any atom is -0.476 e. The minimum absolute atomic E-state index is 0. The van der Waals surface area contributed by atoms with E-state index in [2.05, 4.69) is 39.2 Å². The monoisotopic (exact) mass is 565 g/mol. The Morgan fingerprint density at radius 2 is 1.92 bits per heavy atom. The van der Waals surface area contributed by atoms with Crippen molar-refractivity contribution in [2.75, 3.05) is 52.5 Å². The van der Waals surface area contributed by atoms with Crippen molar-refractivity contribution in [3.63, 3.8) is 0 Å². The normalized spacial score (nSPS) is 26.1. The van der Waals surface area contributed by atoms with E-state index in [1.165, 1.54) is 76.6 Å². The number of hydrogen-bond donors (Lipinski definition) is 1. The van der Waals surface area contributed by atoms with E-state index in [9.17, 15) is 9.90 Å². The Morgan fingerprint density at radius 1 is 1.08 bits per heavy atom. The van der Waals surface area contributed by atoms with E-state index in [1.807, 2.05) is 0 Å². The van der Waals surface area contributed by atoms with E-state index in [0.29, 0.717) is 18.4 Å². The summed E-state index contributed by atoms with van der Waals surface area (Å²) in [5.74, 6) is -0.0345. The molecule has 0 aromatic rings. The zero-order valence-corrected chi connectivity index (χ0v) is 23.6. The number of carboxylic acids is 1. The lowest BCUT2D eigenvalue weighted by Gasteiger charge is -2.28. The summed E-state index contributed by atoms with van der Waals surface area (Å²) in [6.07, 6.45) is 16.8. The predicted molar refractivity (Wildman–Crippen MR) is 155 cm³/mol. The topological polar surface area (TPSA) is 65.4 Å². The van der Waals surface area contributed by atoms with Crippen LogP contribution in [-0.4, -0.2) is 78.4 Å². The van der Waals surface area contributed by atoms with Gasteiger partial charge in [-0.2, -0.15) is 0 Å². The summed E-state index contributed by atoms with van der Waals surface area (Å²) in [5.41, 5.74) is 6.95. The van der Waals surface area contributed by atoms with Crippen LogP contribution in [-0.2, 0) is 9.53 Å². The lowest BCUT2D eigenvalue weighted by Crippen LogP contribution is -2.35. The van der Waals surface area contributed by atoms with Gasteiger partial charge in [-0.05, 0) is 53.0 Å². The standard InChI is InChI=1S/C28H35N3O3S.2ClH/c32-28(33)27-29-16-20-17-31(12-11-30-10-5-14-34-15-13-30)18-23-21-8-4-9-22(21)24(25(23)26(20)35-27)19-6-2-1-3-7-19;;/h4,8-9,18-19,21H,1-3,5-7,10-17H2,(H,32,33);2*1H. The highest BCUT2D eigenvalue weighted by molar-refractivity contribution is 8.19. The first-order chi connectivity index (χ1) is 17.2. The third-order valence-electron chi connectivity index (χ3n) is 8.21. The van der Waals surface area contributed by atoms with E-state index in [1.54, 1.807) is 0 Å². The summed E-state index contributed by atoms with van der Waals surface area (Å²) in [6.45, 7) is 7.06. The summed E-state index contributed by atoms with van der Waals surface area (Å²) in [7, 11) is 0. The molecule has 1 unspecified atom stereocenters. The van der Waals surface area contributed by atoms with Gasteiger partial charge < -0.3 is 14.7 Å². The number of halogens is 2. The Balaban J connectivity index is 0.00000160. The summed E-state index contributed by atoms with van der Waals surface area (Å²) >= 11 is 1.40. The zero-order valence-electron chi connectivity index (χ0n) is 21.2. The second-order valence-electron chi connectivity index (χ2n) is 10.4. The average molecular weight is 567 g/mol. The lowest BCUT2D eigenvalue weighted by molar-refractivity contribution is -0.129. The number of rotatable bonds is 5. The Kier molecular flexibility index (Phi) is 9.68. The van der Waals surface area contributed by atoms with Gasteiger partial charge in [0.15, 0.2) is 5.04 Å². The highest BCUT2D eigenvalue weighted by Crippen LogP contribution is 2.55. The second kappa shape index (κ2) is 12.6. The minimum atomic E-state index is -0.909. The number of carboxylic acid groups (broad SMARTS) is 1. The second-order valence-corrected chi connectivity index (χ2v) is 11.4. The number of aliphatic imine (C=N–C) groups is 1. The maximum Gasteiger partial charge on any atom is 0.361 e. The van der Waals surface area contributed by atoms with Crippen molar-refractivity contribution in [2.24, 2.45) is 16.8 Å². The van der Waals surface area contributed by atoms with E-state index < -0.39 is 5.97 Å². The van der Waals surface area contributed by atoms with Crippen LogP contribution in [0.5, 0.6) is 0 Å². The number of allylic oxidation sites excluding steroid dienone is 7. The fraction of sp³-hybridized carbons (Fsp3) is 0.571. The van der Waals surface area contributed by atoms with Crippen LogP contribution in [0.1, 0.15) is 38.5 Å². The molecule has 3 heterocycles. The fourth-order valence-electron chi connectivity index (χ4n) is 6.51. The molecule has 0 radical (unpaired) electrons. The number of thioether (sulfide) groups is 1. The average Bonchev–Trinajstić information content (AvgIpc) is 3.28. The van der Waals surface area contributed by atoms with Gasteiger partial charge in [-0.15, -0.1) is 24.8 Å². The molecule has 0 aromatic carbocycles. The highest BCUT2D eigenvalue weighted by atomic mass is 35.5. The molecule has 1 N–H and O–H groups in total. The number of carbonyl (C=O) groups is 1. The maximum absolute atomic E-state index is 11.9. The van der Waals surface area contributed by atoms with Gasteiger partial charge in [0.1, 0.15) is 0 Å². The molecule has 1 saturated carbocycles. The number of aliphatic carboxylic acids is 1. The van der Waals surface area contributed by atoms with Crippen LogP contribution >= 0.6 is 36.6 Å². The quantitative estimate of drug-likeness (QED) is 0.491. The smallest absolute Gasteiger partial charge is 0.361 e. The number of fused-ring (bicyclic) bond motifs is 4.